The van der Waals surface area contributed by atoms with Crippen LogP contribution in [-0.4, -0.2) is 76.5 Å². The summed E-state index contributed by atoms with van der Waals surface area (Å²) in [5, 5.41) is 0. The van der Waals surface area contributed by atoms with Crippen LogP contribution in [0.5, 0.6) is 0 Å². The lowest BCUT2D eigenvalue weighted by atomic mass is 10.4. The third-order valence-corrected chi connectivity index (χ3v) is 2.54. The maximum atomic E-state index is 10.6. The van der Waals surface area contributed by atoms with Crippen LogP contribution >= 0.6 is 0 Å². The van der Waals surface area contributed by atoms with Crippen LogP contribution in [-0.2, 0) is 57.2 Å². The van der Waals surface area contributed by atoms with Gasteiger partial charge in [0.2, 0.25) is 0 Å². The van der Waals surface area contributed by atoms with Gasteiger partial charge in [0.25, 0.3) is 0 Å². The smallest absolute Gasteiger partial charge is 0.317 e. The molecule has 0 atom stereocenters. The van der Waals surface area contributed by atoms with Crippen molar-refractivity contribution in [3.05, 3.63) is 0 Å². The molecule has 0 spiro atoms. The Morgan fingerprint density at radius 3 is 0.641 bits per heavy atom. The number of hydrogen-bond acceptors (Lipinski definition) is 12. The zero-order chi connectivity index (χ0) is 24.7. The van der Waals surface area contributed by atoms with Gasteiger partial charge in [-0.1, -0.05) is 59.4 Å². The van der Waals surface area contributed by atoms with Crippen LogP contribution in [0.25, 0.3) is 0 Å². The van der Waals surface area contributed by atoms with Gasteiger partial charge in [-0.3, -0.25) is 28.8 Å². The fourth-order valence-corrected chi connectivity index (χ4v) is 1.35. The molecule has 0 aliphatic carbocycles. The molecule has 0 aliphatic heterocycles. The molecule has 0 bridgehead atoms. The lowest BCUT2D eigenvalue weighted by molar-refractivity contribution is -0.155. The van der Waals surface area contributed by atoms with Crippen molar-refractivity contribution in [1.29, 1.82) is 0 Å². The number of methoxy groups -OCH3 is 2. The van der Waals surface area contributed by atoms with E-state index in [4.69, 9.17) is 0 Å². The van der Waals surface area contributed by atoms with Gasteiger partial charge < -0.3 is 28.4 Å². The lowest BCUT2D eigenvalue weighted by Crippen LogP contribution is -2.13. The zero-order valence-corrected chi connectivity index (χ0v) is 18.8. The van der Waals surface area contributed by atoms with Gasteiger partial charge in [0.05, 0.1) is 40.6 Å². The minimum atomic E-state index is -0.571. The highest BCUT2D eigenvalue weighted by molar-refractivity contribution is 5.92. The summed E-state index contributed by atoms with van der Waals surface area (Å²) in [4.78, 5) is 62.9. The summed E-state index contributed by atoms with van der Waals surface area (Å²) in [6, 6.07) is 0. The molecule has 0 heterocycles. The maximum absolute atomic E-state index is 10.6. The van der Waals surface area contributed by atoms with Crippen LogP contribution in [0.2, 0.25) is 0 Å². The quantitative estimate of drug-likeness (QED) is 0.173. The largest absolute Gasteiger partial charge is 0.469 e. The minimum absolute atomic E-state index is 0. The minimum Gasteiger partial charge on any atom is -0.469 e. The van der Waals surface area contributed by atoms with E-state index in [1.165, 1.54) is 14.2 Å². The Hall–Kier alpha value is -3.18. The van der Waals surface area contributed by atoms with E-state index in [0.717, 1.165) is 0 Å². The van der Waals surface area contributed by atoms with E-state index in [2.05, 4.69) is 28.4 Å². The highest BCUT2D eigenvalue weighted by Crippen LogP contribution is 1.90. The van der Waals surface area contributed by atoms with Crippen LogP contribution in [0, 0.1) is 0 Å². The summed E-state index contributed by atoms with van der Waals surface area (Å²) in [5.74, 6) is -3.31. The summed E-state index contributed by atoms with van der Waals surface area (Å²) in [6.45, 7) is 7.87. The van der Waals surface area contributed by atoms with Gasteiger partial charge >= 0.3 is 35.8 Å². The molecule has 0 aliphatic rings. The van der Waals surface area contributed by atoms with E-state index in [1.807, 2.05) is 0 Å². The second-order valence-corrected chi connectivity index (χ2v) is 4.90. The third kappa shape index (κ3) is 60.9. The zero-order valence-electron chi connectivity index (χ0n) is 18.8. The Kier molecular flexibility index (Phi) is 93.0. The highest BCUT2D eigenvalue weighted by Gasteiger charge is 2.10. The molecule has 0 fully saturated rings. The number of rotatable bonds is 10. The molecule has 0 amide bonds. The van der Waals surface area contributed by atoms with Gasteiger partial charge in [-0.2, -0.15) is 0 Å². The molecule has 0 saturated carbocycles. The number of esters is 6. The first kappa shape index (κ1) is 70.5. The molecule has 0 rings (SSSR count). The number of carbonyl (C=O) groups excluding carboxylic acids is 6. The van der Waals surface area contributed by atoms with Crippen molar-refractivity contribution in [3.8, 4) is 0 Å². The normalized spacial score (nSPS) is 6.92. The molecule has 0 aromatic heterocycles. The molecule has 0 unspecified atom stereocenters. The van der Waals surface area contributed by atoms with Crippen molar-refractivity contribution >= 4 is 35.8 Å². The van der Waals surface area contributed by atoms with Crippen LogP contribution in [0.3, 0.4) is 0 Å². The summed E-state index contributed by atoms with van der Waals surface area (Å²) in [7, 11) is 2.45. The van der Waals surface area contributed by atoms with Gasteiger partial charge in [-0.15, -0.1) is 0 Å². The third-order valence-electron chi connectivity index (χ3n) is 2.54. The Morgan fingerprint density at radius 1 is 0.359 bits per heavy atom. The van der Waals surface area contributed by atoms with Crippen molar-refractivity contribution in [3.63, 3.8) is 0 Å². The first-order chi connectivity index (χ1) is 14.6. The van der Waals surface area contributed by atoms with Gasteiger partial charge in [0.1, 0.15) is 19.3 Å². The van der Waals surface area contributed by atoms with E-state index in [0.29, 0.717) is 0 Å². The Morgan fingerprint density at radius 2 is 0.513 bits per heavy atom. The van der Waals surface area contributed by atoms with Crippen molar-refractivity contribution in [1.82, 2.24) is 0 Å². The predicted molar refractivity (Wildman–Crippen MR) is 158 cm³/mol. The highest BCUT2D eigenvalue weighted by atomic mass is 16.6. The second kappa shape index (κ2) is 51.5. The fourth-order valence-electron chi connectivity index (χ4n) is 1.35. The van der Waals surface area contributed by atoms with Crippen molar-refractivity contribution in [2.24, 2.45) is 0 Å². The van der Waals surface area contributed by atoms with Crippen LogP contribution in [0.1, 0.15) is 106 Å². The summed E-state index contributed by atoms with van der Waals surface area (Å²) in [6.07, 6.45) is -0.893. The van der Waals surface area contributed by atoms with Crippen LogP contribution in [0.4, 0.5) is 0 Å². The Balaban J connectivity index is -0.0000000304. The molecule has 12 heteroatoms. The SMILES string of the molecule is C.C.C.C.C.C.C.C.CCOC(=O)CC(=O)OC.CCOC(=O)CC(=O)OC.CCOC(=O)CC(=O)OCC. The topological polar surface area (TPSA) is 158 Å². The van der Waals surface area contributed by atoms with E-state index in [1.54, 1.807) is 27.7 Å². The molecule has 12 nitrogen and oxygen atoms in total. The van der Waals surface area contributed by atoms with E-state index >= 15 is 0 Å². The van der Waals surface area contributed by atoms with Crippen molar-refractivity contribution in [2.75, 3.05) is 40.6 Å². The van der Waals surface area contributed by atoms with E-state index < -0.39 is 35.8 Å². The van der Waals surface area contributed by atoms with Crippen LogP contribution < -0.4 is 0 Å². The number of ether oxygens (including phenoxy) is 6. The average molecular weight is 581 g/mol. The van der Waals surface area contributed by atoms with Gasteiger partial charge in [-0.05, 0) is 27.7 Å². The molecular formula is C27H64O12. The Bertz CT molecular complexity index is 513. The van der Waals surface area contributed by atoms with Crippen molar-refractivity contribution in [2.45, 2.75) is 106 Å². The first-order valence-electron chi connectivity index (χ1n) is 9.37. The Labute approximate surface area is 240 Å². The maximum Gasteiger partial charge on any atom is 0.317 e. The van der Waals surface area contributed by atoms with Crippen LogP contribution in [0.15, 0.2) is 0 Å². The molecule has 0 radical (unpaired) electrons. The standard InChI is InChI=1S/C7H12O4.2C6H10O4.8CH4/c1-3-10-6(8)5-7(9)11-4-2;2*1-3-10-6(8)4-5(7)9-2;;;;;;;;/h3-5H2,1-2H3;2*3-4H2,1-2H3;8*1H4. The van der Waals surface area contributed by atoms with Gasteiger partial charge in [0.15, 0.2) is 0 Å². The van der Waals surface area contributed by atoms with E-state index in [-0.39, 0.29) is 105 Å². The van der Waals surface area contributed by atoms with Crippen molar-refractivity contribution < 1.29 is 57.2 Å². The fraction of sp³-hybridized carbons (Fsp3) is 0.778. The second-order valence-electron chi connectivity index (χ2n) is 4.90. The summed E-state index contributed by atoms with van der Waals surface area (Å²) >= 11 is 0. The molecule has 0 N–H and O–H groups in total. The molecule has 0 aromatic carbocycles. The van der Waals surface area contributed by atoms with Gasteiger partial charge in [-0.25, -0.2) is 0 Å². The molecular weight excluding hydrogens is 516 g/mol. The molecule has 244 valence electrons. The van der Waals surface area contributed by atoms with E-state index in [9.17, 15) is 28.8 Å². The summed E-state index contributed by atoms with van der Waals surface area (Å²) < 4.78 is 26.4. The number of carbonyl (C=O) groups is 6. The summed E-state index contributed by atoms with van der Waals surface area (Å²) in [5.41, 5.74) is 0. The molecule has 39 heavy (non-hydrogen) atoms. The number of hydrogen-bond donors (Lipinski definition) is 0. The lowest BCUT2D eigenvalue weighted by Gasteiger charge is -2.00. The monoisotopic (exact) mass is 580 g/mol. The molecule has 0 saturated heterocycles. The average Bonchev–Trinajstić information content (AvgIpc) is 2.69. The predicted octanol–water partition coefficient (Wildman–Crippen LogP) is 5.82. The first-order valence-corrected chi connectivity index (χ1v) is 9.37. The molecule has 0 aromatic rings. The van der Waals surface area contributed by atoms with Gasteiger partial charge in [0, 0.05) is 0 Å².